The molecule has 1 aliphatic rings. The summed E-state index contributed by atoms with van der Waals surface area (Å²) in [6, 6.07) is 0. The number of nitrogens with one attached hydrogen (secondary N) is 1. The highest BCUT2D eigenvalue weighted by molar-refractivity contribution is 4.70. The van der Waals surface area contributed by atoms with Gasteiger partial charge in [-0.3, -0.25) is 0 Å². The fourth-order valence-electron chi connectivity index (χ4n) is 3.14. The summed E-state index contributed by atoms with van der Waals surface area (Å²) < 4.78 is 0. The number of rotatable bonds is 9. The minimum absolute atomic E-state index is 1.02. The molecule has 1 heterocycles. The van der Waals surface area contributed by atoms with E-state index in [0.29, 0.717) is 0 Å². The van der Waals surface area contributed by atoms with Gasteiger partial charge in [0, 0.05) is 0 Å². The Bertz CT molecular complexity index is 182. The van der Waals surface area contributed by atoms with Crippen LogP contribution in [0, 0.1) is 5.92 Å². The topological polar surface area (TPSA) is 15.3 Å². The number of unbranched alkanes of at least 4 members (excludes halogenated alkanes) is 3. The van der Waals surface area contributed by atoms with Crippen LogP contribution in [0.2, 0.25) is 0 Å². The summed E-state index contributed by atoms with van der Waals surface area (Å²) in [4.78, 5) is 2.72. The molecule has 0 bridgehead atoms. The van der Waals surface area contributed by atoms with Gasteiger partial charge in [0.15, 0.2) is 0 Å². The van der Waals surface area contributed by atoms with Crippen LogP contribution in [0.3, 0.4) is 0 Å². The lowest BCUT2D eigenvalue weighted by atomic mass is 9.96. The second kappa shape index (κ2) is 10.8. The summed E-state index contributed by atoms with van der Waals surface area (Å²) in [5.41, 5.74) is 0. The van der Waals surface area contributed by atoms with Gasteiger partial charge in [-0.05, 0) is 71.2 Å². The van der Waals surface area contributed by atoms with Crippen molar-refractivity contribution < 1.29 is 0 Å². The third kappa shape index (κ3) is 7.38. The summed E-state index contributed by atoms with van der Waals surface area (Å²) in [5, 5.41) is 3.22. The molecule has 1 rings (SSSR count). The predicted octanol–water partition coefficient (Wildman–Crippen LogP) is 3.67. The van der Waals surface area contributed by atoms with Gasteiger partial charge in [0.2, 0.25) is 0 Å². The van der Waals surface area contributed by atoms with Crippen molar-refractivity contribution in [3.8, 4) is 0 Å². The van der Waals surface area contributed by atoms with E-state index in [-0.39, 0.29) is 0 Å². The Morgan fingerprint density at radius 2 is 1.89 bits per heavy atom. The van der Waals surface area contributed by atoms with Gasteiger partial charge in [-0.25, -0.2) is 0 Å². The molecule has 0 amide bonds. The minimum atomic E-state index is 1.02. The maximum atomic E-state index is 3.22. The molecule has 0 spiro atoms. The first-order chi connectivity index (χ1) is 8.86. The molecule has 1 fully saturated rings. The monoisotopic (exact) mass is 254 g/mol. The van der Waals surface area contributed by atoms with Crippen LogP contribution in [-0.4, -0.2) is 38.1 Å². The zero-order valence-electron chi connectivity index (χ0n) is 12.7. The molecule has 0 aliphatic carbocycles. The van der Waals surface area contributed by atoms with Crippen molar-refractivity contribution >= 4 is 0 Å². The van der Waals surface area contributed by atoms with E-state index in [2.05, 4.69) is 17.1 Å². The lowest BCUT2D eigenvalue weighted by Gasteiger charge is -2.20. The third-order valence-corrected chi connectivity index (χ3v) is 4.29. The van der Waals surface area contributed by atoms with Gasteiger partial charge in [0.25, 0.3) is 0 Å². The van der Waals surface area contributed by atoms with Crippen molar-refractivity contribution in [3.05, 3.63) is 0 Å². The molecule has 0 saturated carbocycles. The molecule has 0 aromatic carbocycles. The first kappa shape index (κ1) is 16.0. The second-order valence-corrected chi connectivity index (χ2v) is 5.95. The molecule has 2 heteroatoms. The minimum Gasteiger partial charge on any atom is -0.320 e. The van der Waals surface area contributed by atoms with Crippen LogP contribution in [0.1, 0.15) is 64.7 Å². The van der Waals surface area contributed by atoms with Crippen LogP contribution in [0.15, 0.2) is 0 Å². The van der Waals surface area contributed by atoms with Crippen molar-refractivity contribution in [1.29, 1.82) is 0 Å². The summed E-state index contributed by atoms with van der Waals surface area (Å²) >= 11 is 0. The average molecular weight is 254 g/mol. The molecule has 1 N–H and O–H groups in total. The van der Waals surface area contributed by atoms with Crippen LogP contribution in [0.25, 0.3) is 0 Å². The maximum absolute atomic E-state index is 3.22. The van der Waals surface area contributed by atoms with Crippen molar-refractivity contribution in [2.24, 2.45) is 5.92 Å². The SMILES string of the molecule is CCCC1CCCN(CCCCCCNC)CC1. The Morgan fingerprint density at radius 1 is 1.06 bits per heavy atom. The third-order valence-electron chi connectivity index (χ3n) is 4.29. The van der Waals surface area contributed by atoms with E-state index in [1.807, 2.05) is 7.05 Å². The fourth-order valence-corrected chi connectivity index (χ4v) is 3.14. The molecule has 2 nitrogen and oxygen atoms in total. The van der Waals surface area contributed by atoms with E-state index in [4.69, 9.17) is 0 Å². The van der Waals surface area contributed by atoms with Crippen LogP contribution >= 0.6 is 0 Å². The number of likely N-dealkylation sites (tertiary alicyclic amines) is 1. The normalized spacial score (nSPS) is 22.0. The van der Waals surface area contributed by atoms with Gasteiger partial charge >= 0.3 is 0 Å². The molecule has 1 aliphatic heterocycles. The molecular formula is C16H34N2. The van der Waals surface area contributed by atoms with Crippen LogP contribution in [0.5, 0.6) is 0 Å². The van der Waals surface area contributed by atoms with E-state index >= 15 is 0 Å². The van der Waals surface area contributed by atoms with E-state index in [1.165, 1.54) is 84.0 Å². The molecule has 1 unspecified atom stereocenters. The van der Waals surface area contributed by atoms with Gasteiger partial charge in [-0.1, -0.05) is 32.6 Å². The Morgan fingerprint density at radius 3 is 2.67 bits per heavy atom. The highest BCUT2D eigenvalue weighted by Gasteiger charge is 2.15. The molecule has 0 aromatic rings. The van der Waals surface area contributed by atoms with Crippen LogP contribution in [-0.2, 0) is 0 Å². The maximum Gasteiger partial charge on any atom is -0.00161 e. The van der Waals surface area contributed by atoms with Gasteiger partial charge in [0.05, 0.1) is 0 Å². The fraction of sp³-hybridized carbons (Fsp3) is 1.00. The second-order valence-electron chi connectivity index (χ2n) is 5.95. The Kier molecular flexibility index (Phi) is 9.59. The molecule has 0 radical (unpaired) electrons. The Labute approximate surface area is 115 Å². The van der Waals surface area contributed by atoms with Crippen molar-refractivity contribution in [3.63, 3.8) is 0 Å². The summed E-state index contributed by atoms with van der Waals surface area (Å²) in [6.45, 7) is 7.58. The Balaban J connectivity index is 2.01. The highest BCUT2D eigenvalue weighted by atomic mass is 15.1. The average Bonchev–Trinajstić information content (AvgIpc) is 2.60. The Hall–Kier alpha value is -0.0800. The van der Waals surface area contributed by atoms with Crippen molar-refractivity contribution in [2.75, 3.05) is 33.2 Å². The van der Waals surface area contributed by atoms with E-state index < -0.39 is 0 Å². The number of hydrogen-bond donors (Lipinski definition) is 1. The van der Waals surface area contributed by atoms with Gasteiger partial charge < -0.3 is 10.2 Å². The molecule has 0 aromatic heterocycles. The van der Waals surface area contributed by atoms with E-state index in [1.54, 1.807) is 0 Å². The molecule has 18 heavy (non-hydrogen) atoms. The quantitative estimate of drug-likeness (QED) is 0.632. The largest absolute Gasteiger partial charge is 0.320 e. The van der Waals surface area contributed by atoms with E-state index in [0.717, 1.165) is 5.92 Å². The van der Waals surface area contributed by atoms with Crippen LogP contribution < -0.4 is 5.32 Å². The standard InChI is InChI=1S/C16H34N2/c1-3-9-16-10-8-14-18(15-11-16)13-7-5-4-6-12-17-2/h16-17H,3-15H2,1-2H3. The first-order valence-electron chi connectivity index (χ1n) is 8.23. The van der Waals surface area contributed by atoms with Crippen molar-refractivity contribution in [1.82, 2.24) is 10.2 Å². The van der Waals surface area contributed by atoms with Crippen molar-refractivity contribution in [2.45, 2.75) is 64.7 Å². The van der Waals surface area contributed by atoms with Gasteiger partial charge in [-0.15, -0.1) is 0 Å². The zero-order chi connectivity index (χ0) is 13.1. The molecule has 1 saturated heterocycles. The summed E-state index contributed by atoms with van der Waals surface area (Å²) in [7, 11) is 2.05. The van der Waals surface area contributed by atoms with Gasteiger partial charge in [0.1, 0.15) is 0 Å². The van der Waals surface area contributed by atoms with E-state index in [9.17, 15) is 0 Å². The lowest BCUT2D eigenvalue weighted by Crippen LogP contribution is -2.26. The molecular weight excluding hydrogens is 220 g/mol. The molecule has 108 valence electrons. The summed E-state index contributed by atoms with van der Waals surface area (Å²) in [6.07, 6.45) is 12.7. The summed E-state index contributed by atoms with van der Waals surface area (Å²) in [5.74, 6) is 1.02. The zero-order valence-corrected chi connectivity index (χ0v) is 12.7. The highest BCUT2D eigenvalue weighted by Crippen LogP contribution is 2.22. The van der Waals surface area contributed by atoms with Crippen LogP contribution in [0.4, 0.5) is 0 Å². The number of nitrogens with zero attached hydrogens (tertiary/aromatic N) is 1. The smallest absolute Gasteiger partial charge is 0.00161 e. The first-order valence-corrected chi connectivity index (χ1v) is 8.23. The van der Waals surface area contributed by atoms with Gasteiger partial charge in [-0.2, -0.15) is 0 Å². The molecule has 1 atom stereocenters. The lowest BCUT2D eigenvalue weighted by molar-refractivity contribution is 0.272. The number of hydrogen-bond acceptors (Lipinski definition) is 2. The predicted molar refractivity (Wildman–Crippen MR) is 81.1 cm³/mol.